The molecule has 6 heteroatoms. The molecule has 25 heavy (non-hydrogen) atoms. The Bertz CT molecular complexity index is 851. The molecule has 3 aromatic rings. The fraction of sp³-hybridized carbons (Fsp3) is 0.158. The standard InChI is InChI=1S/C19H17FN2OS2/c1-13(24-16-8-3-2-4-9-16)18(23)22-19-21-12-17(25-19)11-14-6-5-7-15(20)10-14/h2-10,12-13H,11H2,1H3,(H,21,22,23). The summed E-state index contributed by atoms with van der Waals surface area (Å²) in [5.41, 5.74) is 0.884. The molecule has 0 spiro atoms. The topological polar surface area (TPSA) is 42.0 Å². The molecule has 3 nitrogen and oxygen atoms in total. The second-order valence-corrected chi connectivity index (χ2v) is 8.03. The highest BCUT2D eigenvalue weighted by Crippen LogP contribution is 2.25. The number of rotatable bonds is 6. The molecule has 1 atom stereocenters. The van der Waals surface area contributed by atoms with Crippen LogP contribution in [-0.2, 0) is 11.2 Å². The van der Waals surface area contributed by atoms with E-state index in [1.54, 1.807) is 12.3 Å². The molecule has 0 saturated heterocycles. The van der Waals surface area contributed by atoms with Crippen LogP contribution in [0.3, 0.4) is 0 Å². The summed E-state index contributed by atoms with van der Waals surface area (Å²) in [6.07, 6.45) is 2.32. The summed E-state index contributed by atoms with van der Waals surface area (Å²) in [7, 11) is 0. The molecule has 1 aromatic heterocycles. The third kappa shape index (κ3) is 5.14. The number of carbonyl (C=O) groups is 1. The van der Waals surface area contributed by atoms with E-state index >= 15 is 0 Å². The van der Waals surface area contributed by atoms with Crippen molar-refractivity contribution < 1.29 is 9.18 Å². The zero-order chi connectivity index (χ0) is 17.6. The van der Waals surface area contributed by atoms with Crippen molar-refractivity contribution in [3.63, 3.8) is 0 Å². The van der Waals surface area contributed by atoms with Crippen molar-refractivity contribution in [3.8, 4) is 0 Å². The Kier molecular flexibility index (Phi) is 5.83. The molecule has 0 saturated carbocycles. The number of hydrogen-bond acceptors (Lipinski definition) is 4. The van der Waals surface area contributed by atoms with Gasteiger partial charge in [-0.25, -0.2) is 9.37 Å². The highest BCUT2D eigenvalue weighted by Gasteiger charge is 2.16. The van der Waals surface area contributed by atoms with Crippen LogP contribution < -0.4 is 5.32 Å². The zero-order valence-electron chi connectivity index (χ0n) is 13.6. The van der Waals surface area contributed by atoms with Crippen LogP contribution in [0.2, 0.25) is 0 Å². The maximum atomic E-state index is 13.2. The average molecular weight is 372 g/mol. The summed E-state index contributed by atoms with van der Waals surface area (Å²) in [6, 6.07) is 16.3. The number of hydrogen-bond donors (Lipinski definition) is 1. The molecule has 0 fully saturated rings. The number of amides is 1. The van der Waals surface area contributed by atoms with Crippen LogP contribution in [0.4, 0.5) is 9.52 Å². The molecule has 0 aliphatic carbocycles. The Morgan fingerprint density at radius 3 is 2.80 bits per heavy atom. The van der Waals surface area contributed by atoms with Gasteiger partial charge in [0.1, 0.15) is 5.82 Å². The van der Waals surface area contributed by atoms with Gasteiger partial charge in [0.2, 0.25) is 5.91 Å². The normalized spacial score (nSPS) is 11.9. The van der Waals surface area contributed by atoms with Gasteiger partial charge in [0.15, 0.2) is 5.13 Å². The Balaban J connectivity index is 1.58. The van der Waals surface area contributed by atoms with Crippen LogP contribution in [-0.4, -0.2) is 16.1 Å². The van der Waals surface area contributed by atoms with E-state index in [1.807, 2.05) is 43.3 Å². The van der Waals surface area contributed by atoms with Crippen LogP contribution in [0, 0.1) is 5.82 Å². The van der Waals surface area contributed by atoms with Crippen molar-refractivity contribution in [1.82, 2.24) is 4.98 Å². The molecular weight excluding hydrogens is 355 g/mol. The minimum Gasteiger partial charge on any atom is -0.301 e. The fourth-order valence-electron chi connectivity index (χ4n) is 2.26. The van der Waals surface area contributed by atoms with Gasteiger partial charge in [-0.15, -0.1) is 23.1 Å². The Hall–Kier alpha value is -2.18. The zero-order valence-corrected chi connectivity index (χ0v) is 15.2. The third-order valence-electron chi connectivity index (χ3n) is 3.48. The lowest BCUT2D eigenvalue weighted by atomic mass is 10.1. The van der Waals surface area contributed by atoms with Gasteiger partial charge in [0, 0.05) is 22.4 Å². The fourth-order valence-corrected chi connectivity index (χ4v) is 4.00. The molecular formula is C19H17FN2OS2. The number of thiazole rings is 1. The molecule has 2 aromatic carbocycles. The molecule has 1 N–H and O–H groups in total. The Morgan fingerprint density at radius 1 is 1.24 bits per heavy atom. The monoisotopic (exact) mass is 372 g/mol. The molecule has 0 radical (unpaired) electrons. The van der Waals surface area contributed by atoms with Crippen molar-refractivity contribution in [2.24, 2.45) is 0 Å². The van der Waals surface area contributed by atoms with Gasteiger partial charge in [0.05, 0.1) is 5.25 Å². The minimum atomic E-state index is -0.248. The number of carbonyl (C=O) groups excluding carboxylic acids is 1. The van der Waals surface area contributed by atoms with E-state index in [-0.39, 0.29) is 17.0 Å². The Morgan fingerprint density at radius 2 is 2.04 bits per heavy atom. The van der Waals surface area contributed by atoms with Gasteiger partial charge in [-0.05, 0) is 36.8 Å². The number of nitrogens with one attached hydrogen (secondary N) is 1. The first kappa shape index (κ1) is 17.6. The van der Waals surface area contributed by atoms with Gasteiger partial charge in [-0.2, -0.15) is 0 Å². The molecule has 0 bridgehead atoms. The van der Waals surface area contributed by atoms with Gasteiger partial charge in [-0.1, -0.05) is 30.3 Å². The van der Waals surface area contributed by atoms with Crippen LogP contribution in [0.15, 0.2) is 65.7 Å². The number of aromatic nitrogens is 1. The lowest BCUT2D eigenvalue weighted by Crippen LogP contribution is -2.22. The van der Waals surface area contributed by atoms with Gasteiger partial charge >= 0.3 is 0 Å². The summed E-state index contributed by atoms with van der Waals surface area (Å²) < 4.78 is 13.2. The van der Waals surface area contributed by atoms with E-state index in [4.69, 9.17) is 0 Å². The molecule has 3 rings (SSSR count). The largest absolute Gasteiger partial charge is 0.301 e. The van der Waals surface area contributed by atoms with Crippen LogP contribution >= 0.6 is 23.1 Å². The van der Waals surface area contributed by atoms with E-state index in [1.165, 1.54) is 35.2 Å². The third-order valence-corrected chi connectivity index (χ3v) is 5.50. The maximum Gasteiger partial charge on any atom is 0.239 e. The van der Waals surface area contributed by atoms with E-state index in [0.717, 1.165) is 15.3 Å². The Labute approximate surface area is 154 Å². The number of anilines is 1. The maximum absolute atomic E-state index is 13.2. The molecule has 1 unspecified atom stereocenters. The van der Waals surface area contributed by atoms with Crippen molar-refractivity contribution >= 4 is 34.1 Å². The van der Waals surface area contributed by atoms with Gasteiger partial charge in [0.25, 0.3) is 0 Å². The average Bonchev–Trinajstić information content (AvgIpc) is 3.02. The molecule has 1 amide bonds. The van der Waals surface area contributed by atoms with Crippen molar-refractivity contribution in [2.45, 2.75) is 23.5 Å². The number of benzene rings is 2. The second-order valence-electron chi connectivity index (χ2n) is 5.50. The SMILES string of the molecule is CC(Sc1ccccc1)C(=O)Nc1ncc(Cc2cccc(F)c2)s1. The van der Waals surface area contributed by atoms with E-state index < -0.39 is 0 Å². The van der Waals surface area contributed by atoms with Gasteiger partial charge in [-0.3, -0.25) is 4.79 Å². The summed E-state index contributed by atoms with van der Waals surface area (Å²) >= 11 is 2.92. The van der Waals surface area contributed by atoms with Crippen LogP contribution in [0.1, 0.15) is 17.4 Å². The summed E-state index contributed by atoms with van der Waals surface area (Å²) in [5, 5.41) is 3.20. The first-order valence-electron chi connectivity index (χ1n) is 7.82. The van der Waals surface area contributed by atoms with Gasteiger partial charge < -0.3 is 5.32 Å². The first-order chi connectivity index (χ1) is 12.1. The van der Waals surface area contributed by atoms with Crippen LogP contribution in [0.25, 0.3) is 0 Å². The van der Waals surface area contributed by atoms with Crippen molar-refractivity contribution in [2.75, 3.05) is 5.32 Å². The highest BCUT2D eigenvalue weighted by atomic mass is 32.2. The minimum absolute atomic E-state index is 0.0829. The molecule has 0 aliphatic heterocycles. The predicted molar refractivity (Wildman–Crippen MR) is 102 cm³/mol. The molecule has 0 aliphatic rings. The number of thioether (sulfide) groups is 1. The summed E-state index contributed by atoms with van der Waals surface area (Å²) in [4.78, 5) is 18.6. The molecule has 128 valence electrons. The summed E-state index contributed by atoms with van der Waals surface area (Å²) in [5.74, 6) is -0.331. The lowest BCUT2D eigenvalue weighted by Gasteiger charge is -2.10. The quantitative estimate of drug-likeness (QED) is 0.620. The molecule has 1 heterocycles. The van der Waals surface area contributed by atoms with Crippen molar-refractivity contribution in [3.05, 3.63) is 77.1 Å². The summed E-state index contributed by atoms with van der Waals surface area (Å²) in [6.45, 7) is 1.87. The van der Waals surface area contributed by atoms with E-state index in [2.05, 4.69) is 10.3 Å². The number of nitrogens with zero attached hydrogens (tertiary/aromatic N) is 1. The van der Waals surface area contributed by atoms with Crippen molar-refractivity contribution in [1.29, 1.82) is 0 Å². The second kappa shape index (κ2) is 8.27. The highest BCUT2D eigenvalue weighted by molar-refractivity contribution is 8.00. The van der Waals surface area contributed by atoms with E-state index in [9.17, 15) is 9.18 Å². The van der Waals surface area contributed by atoms with Crippen LogP contribution in [0.5, 0.6) is 0 Å². The van der Waals surface area contributed by atoms with E-state index in [0.29, 0.717) is 11.6 Å². The lowest BCUT2D eigenvalue weighted by molar-refractivity contribution is -0.115. The first-order valence-corrected chi connectivity index (χ1v) is 9.51. The predicted octanol–water partition coefficient (Wildman–Crippen LogP) is 4.99. The smallest absolute Gasteiger partial charge is 0.239 e. The number of halogens is 1.